The molecule has 1 heterocycles. The zero-order valence-electron chi connectivity index (χ0n) is 10.7. The third-order valence-corrected chi connectivity index (χ3v) is 4.42. The van der Waals surface area contributed by atoms with Crippen molar-refractivity contribution in [1.29, 1.82) is 0 Å². The van der Waals surface area contributed by atoms with Gasteiger partial charge in [-0.15, -0.1) is 0 Å². The van der Waals surface area contributed by atoms with Crippen molar-refractivity contribution in [2.45, 2.75) is 18.2 Å². The molecular weight excluding hydrogens is 314 g/mol. The molecule has 1 atom stereocenters. The highest BCUT2D eigenvalue weighted by atomic mass is 79.9. The minimum Gasteiger partial charge on any atom is -0.384 e. The Labute approximate surface area is 122 Å². The van der Waals surface area contributed by atoms with Crippen LogP contribution >= 0.6 is 27.5 Å². The van der Waals surface area contributed by atoms with E-state index < -0.39 is 0 Å². The number of alkyl halides is 1. The Kier molecular flexibility index (Phi) is 5.34. The molecule has 0 aromatic heterocycles. The Bertz CT molecular complexity index is 397. The molecule has 1 aromatic rings. The third-order valence-electron chi connectivity index (χ3n) is 3.47. The fourth-order valence-electron chi connectivity index (χ4n) is 2.51. The number of halogens is 2. The summed E-state index contributed by atoms with van der Waals surface area (Å²) in [5.41, 5.74) is 2.37. The topological polar surface area (TPSA) is 12.5 Å². The van der Waals surface area contributed by atoms with Gasteiger partial charge in [0.05, 0.1) is 6.61 Å². The molecule has 1 aromatic carbocycles. The first-order valence-corrected chi connectivity index (χ1v) is 7.82. The lowest BCUT2D eigenvalue weighted by Gasteiger charge is -2.34. The fourth-order valence-corrected chi connectivity index (χ4v) is 3.40. The normalized spacial score (nSPS) is 20.2. The SMILES string of the molecule is COCC1CCCN(c2ccc(CBr)c(Cl)c2)C1. The highest BCUT2D eigenvalue weighted by Gasteiger charge is 2.20. The summed E-state index contributed by atoms with van der Waals surface area (Å²) in [6, 6.07) is 6.34. The molecule has 0 aliphatic carbocycles. The van der Waals surface area contributed by atoms with Gasteiger partial charge in [0.25, 0.3) is 0 Å². The van der Waals surface area contributed by atoms with Gasteiger partial charge in [-0.05, 0) is 36.5 Å². The highest BCUT2D eigenvalue weighted by molar-refractivity contribution is 9.08. The van der Waals surface area contributed by atoms with Gasteiger partial charge in [0.15, 0.2) is 0 Å². The largest absolute Gasteiger partial charge is 0.384 e. The summed E-state index contributed by atoms with van der Waals surface area (Å²) in [7, 11) is 1.78. The number of nitrogens with zero attached hydrogens (tertiary/aromatic N) is 1. The number of ether oxygens (including phenoxy) is 1. The monoisotopic (exact) mass is 331 g/mol. The second kappa shape index (κ2) is 6.78. The van der Waals surface area contributed by atoms with Crippen molar-refractivity contribution in [2.75, 3.05) is 31.7 Å². The van der Waals surface area contributed by atoms with Crippen LogP contribution < -0.4 is 4.90 Å². The van der Waals surface area contributed by atoms with E-state index in [1.54, 1.807) is 7.11 Å². The van der Waals surface area contributed by atoms with Gasteiger partial charge in [0, 0.05) is 36.2 Å². The zero-order valence-corrected chi connectivity index (χ0v) is 13.0. The molecule has 0 saturated carbocycles. The van der Waals surface area contributed by atoms with Gasteiger partial charge in [-0.25, -0.2) is 0 Å². The molecule has 2 nitrogen and oxygen atoms in total. The molecule has 2 rings (SSSR count). The van der Waals surface area contributed by atoms with E-state index in [0.29, 0.717) is 5.92 Å². The van der Waals surface area contributed by atoms with Gasteiger partial charge < -0.3 is 9.64 Å². The Morgan fingerprint density at radius 3 is 3.00 bits per heavy atom. The Morgan fingerprint density at radius 2 is 2.33 bits per heavy atom. The average Bonchev–Trinajstić information content (AvgIpc) is 2.39. The third kappa shape index (κ3) is 3.40. The lowest BCUT2D eigenvalue weighted by Crippen LogP contribution is -2.37. The van der Waals surface area contributed by atoms with Crippen molar-refractivity contribution >= 4 is 33.2 Å². The molecule has 0 radical (unpaired) electrons. The summed E-state index contributed by atoms with van der Waals surface area (Å²) in [4.78, 5) is 2.41. The van der Waals surface area contributed by atoms with Gasteiger partial charge in [0.1, 0.15) is 0 Å². The van der Waals surface area contributed by atoms with E-state index in [-0.39, 0.29) is 0 Å². The number of benzene rings is 1. The minimum atomic E-state index is 0.637. The summed E-state index contributed by atoms with van der Waals surface area (Å²) in [6.45, 7) is 3.03. The Hall–Kier alpha value is -0.250. The lowest BCUT2D eigenvalue weighted by molar-refractivity contribution is 0.143. The van der Waals surface area contributed by atoms with Crippen LogP contribution in [0.25, 0.3) is 0 Å². The van der Waals surface area contributed by atoms with E-state index in [1.165, 1.54) is 18.5 Å². The minimum absolute atomic E-state index is 0.637. The number of hydrogen-bond acceptors (Lipinski definition) is 2. The maximum atomic E-state index is 6.26. The molecule has 1 saturated heterocycles. The second-order valence-electron chi connectivity index (χ2n) is 4.82. The maximum Gasteiger partial charge on any atom is 0.0507 e. The van der Waals surface area contributed by atoms with Gasteiger partial charge >= 0.3 is 0 Å². The van der Waals surface area contributed by atoms with E-state index in [1.807, 2.05) is 0 Å². The first kappa shape index (κ1) is 14.2. The van der Waals surface area contributed by atoms with Gasteiger partial charge in [-0.3, -0.25) is 0 Å². The maximum absolute atomic E-state index is 6.26. The molecule has 1 aliphatic rings. The highest BCUT2D eigenvalue weighted by Crippen LogP contribution is 2.28. The molecule has 1 unspecified atom stereocenters. The van der Waals surface area contributed by atoms with E-state index in [4.69, 9.17) is 16.3 Å². The van der Waals surface area contributed by atoms with E-state index in [0.717, 1.165) is 35.6 Å². The first-order chi connectivity index (χ1) is 8.74. The molecule has 1 fully saturated rings. The number of rotatable bonds is 4. The van der Waals surface area contributed by atoms with Crippen LogP contribution in [0.2, 0.25) is 5.02 Å². The molecule has 100 valence electrons. The number of methoxy groups -OCH3 is 1. The van der Waals surface area contributed by atoms with Crippen LogP contribution in [0.1, 0.15) is 18.4 Å². The molecule has 0 amide bonds. The Balaban J connectivity index is 2.08. The van der Waals surface area contributed by atoms with E-state index in [2.05, 4.69) is 39.0 Å². The quantitative estimate of drug-likeness (QED) is 0.770. The number of hydrogen-bond donors (Lipinski definition) is 0. The lowest BCUT2D eigenvalue weighted by atomic mass is 9.98. The van der Waals surface area contributed by atoms with Crippen molar-refractivity contribution in [2.24, 2.45) is 5.92 Å². The average molecular weight is 333 g/mol. The van der Waals surface area contributed by atoms with Gasteiger partial charge in [0.2, 0.25) is 0 Å². The smallest absolute Gasteiger partial charge is 0.0507 e. The molecule has 4 heteroatoms. The van der Waals surface area contributed by atoms with Crippen molar-refractivity contribution in [3.05, 3.63) is 28.8 Å². The van der Waals surface area contributed by atoms with Crippen LogP contribution in [0.3, 0.4) is 0 Å². The first-order valence-electron chi connectivity index (χ1n) is 6.33. The van der Waals surface area contributed by atoms with Crippen molar-refractivity contribution in [3.63, 3.8) is 0 Å². The molecule has 0 bridgehead atoms. The number of anilines is 1. The molecule has 0 N–H and O–H groups in total. The van der Waals surface area contributed by atoms with Crippen LogP contribution in [0.4, 0.5) is 5.69 Å². The number of piperidine rings is 1. The molecule has 0 spiro atoms. The van der Waals surface area contributed by atoms with Crippen LogP contribution in [0.5, 0.6) is 0 Å². The van der Waals surface area contributed by atoms with Crippen molar-refractivity contribution in [1.82, 2.24) is 0 Å². The van der Waals surface area contributed by atoms with Crippen LogP contribution in [0, 0.1) is 5.92 Å². The molecule has 1 aliphatic heterocycles. The summed E-state index contributed by atoms with van der Waals surface area (Å²) in [5, 5.41) is 1.65. The second-order valence-corrected chi connectivity index (χ2v) is 5.79. The van der Waals surface area contributed by atoms with Crippen LogP contribution in [-0.4, -0.2) is 26.8 Å². The van der Waals surface area contributed by atoms with Crippen LogP contribution in [-0.2, 0) is 10.1 Å². The molecule has 18 heavy (non-hydrogen) atoms. The summed E-state index contributed by atoms with van der Waals surface area (Å²) < 4.78 is 5.27. The predicted octanol–water partition coefficient (Wildman–Crippen LogP) is 4.10. The van der Waals surface area contributed by atoms with Gasteiger partial charge in [-0.2, -0.15) is 0 Å². The van der Waals surface area contributed by atoms with Gasteiger partial charge in [-0.1, -0.05) is 33.6 Å². The summed E-state index contributed by atoms with van der Waals surface area (Å²) in [5.74, 6) is 0.637. The summed E-state index contributed by atoms with van der Waals surface area (Å²) in [6.07, 6.45) is 2.49. The molecular formula is C14H19BrClNO. The van der Waals surface area contributed by atoms with E-state index in [9.17, 15) is 0 Å². The van der Waals surface area contributed by atoms with E-state index >= 15 is 0 Å². The standard InChI is InChI=1S/C14H19BrClNO/c1-18-10-11-3-2-6-17(9-11)13-5-4-12(8-15)14(16)7-13/h4-5,7,11H,2-3,6,8-10H2,1H3. The fraction of sp³-hybridized carbons (Fsp3) is 0.571. The van der Waals surface area contributed by atoms with Crippen LogP contribution in [0.15, 0.2) is 18.2 Å². The van der Waals surface area contributed by atoms with Crippen molar-refractivity contribution < 1.29 is 4.74 Å². The Morgan fingerprint density at radius 1 is 1.50 bits per heavy atom. The predicted molar refractivity (Wildman–Crippen MR) is 80.9 cm³/mol. The van der Waals surface area contributed by atoms with Crippen molar-refractivity contribution in [3.8, 4) is 0 Å². The summed E-state index contributed by atoms with van der Waals surface area (Å²) >= 11 is 9.71. The zero-order chi connectivity index (χ0) is 13.0.